The first-order valence-electron chi connectivity index (χ1n) is 10.4. The number of hydrogen-bond acceptors (Lipinski definition) is 5. The maximum absolute atomic E-state index is 9.58. The fourth-order valence-corrected chi connectivity index (χ4v) is 3.94. The van der Waals surface area contributed by atoms with E-state index < -0.39 is 0 Å². The highest BCUT2D eigenvalue weighted by atomic mass is 16.5. The van der Waals surface area contributed by atoms with E-state index in [-0.39, 0.29) is 6.61 Å². The molecule has 154 valence electrons. The van der Waals surface area contributed by atoms with E-state index in [0.29, 0.717) is 12.6 Å². The van der Waals surface area contributed by atoms with Gasteiger partial charge in [0.15, 0.2) is 0 Å². The molecule has 1 aromatic carbocycles. The quantitative estimate of drug-likeness (QED) is 0.718. The van der Waals surface area contributed by atoms with E-state index in [0.717, 1.165) is 57.1 Å². The number of aromatic nitrogens is 2. The minimum absolute atomic E-state index is 0.227. The molecule has 3 rings (SSSR count). The number of benzene rings is 1. The molecule has 6 heteroatoms. The standard InChI is InChI=1S/C22H34N4O2/c1-4-26-16-20(18(3)23-26)15-24-11-12-25(21(17-24)10-13-27)14-19-6-8-22(9-7-19)28-5-2/h6-9,16,21,27H,4-5,10-15,17H2,1-3H3/t21-/m0/s1. The fraction of sp³-hybridized carbons (Fsp3) is 0.591. The molecule has 1 N–H and O–H groups in total. The Balaban J connectivity index is 1.60. The van der Waals surface area contributed by atoms with E-state index in [2.05, 4.69) is 47.1 Å². The van der Waals surface area contributed by atoms with E-state index in [9.17, 15) is 5.11 Å². The first kappa shape index (κ1) is 20.8. The Kier molecular flexibility index (Phi) is 7.48. The maximum atomic E-state index is 9.58. The van der Waals surface area contributed by atoms with Crippen LogP contribution in [0.25, 0.3) is 0 Å². The van der Waals surface area contributed by atoms with Crippen molar-refractivity contribution in [1.82, 2.24) is 19.6 Å². The molecule has 0 amide bonds. The lowest BCUT2D eigenvalue weighted by molar-refractivity contribution is 0.0499. The largest absolute Gasteiger partial charge is 0.494 e. The van der Waals surface area contributed by atoms with Crippen molar-refractivity contribution < 1.29 is 9.84 Å². The number of rotatable bonds is 9. The van der Waals surface area contributed by atoms with Gasteiger partial charge in [-0.2, -0.15) is 5.10 Å². The third kappa shape index (κ3) is 5.34. The monoisotopic (exact) mass is 386 g/mol. The highest BCUT2D eigenvalue weighted by Gasteiger charge is 2.27. The molecule has 1 aliphatic rings. The summed E-state index contributed by atoms with van der Waals surface area (Å²) in [7, 11) is 0. The zero-order chi connectivity index (χ0) is 19.9. The normalized spacial score (nSPS) is 18.5. The summed E-state index contributed by atoms with van der Waals surface area (Å²) < 4.78 is 7.55. The molecule has 1 aliphatic heterocycles. The van der Waals surface area contributed by atoms with Gasteiger partial charge in [-0.15, -0.1) is 0 Å². The number of aliphatic hydroxyl groups is 1. The molecular formula is C22H34N4O2. The van der Waals surface area contributed by atoms with E-state index in [1.807, 2.05) is 23.7 Å². The molecule has 28 heavy (non-hydrogen) atoms. The summed E-state index contributed by atoms with van der Waals surface area (Å²) in [6.45, 7) is 12.9. The summed E-state index contributed by atoms with van der Waals surface area (Å²) in [6.07, 6.45) is 2.98. The summed E-state index contributed by atoms with van der Waals surface area (Å²) in [4.78, 5) is 5.00. The third-order valence-electron chi connectivity index (χ3n) is 5.54. The predicted molar refractivity (Wildman–Crippen MR) is 111 cm³/mol. The fourth-order valence-electron chi connectivity index (χ4n) is 3.94. The van der Waals surface area contributed by atoms with E-state index in [1.54, 1.807) is 0 Å². The molecule has 1 aromatic heterocycles. The molecular weight excluding hydrogens is 352 g/mol. The van der Waals surface area contributed by atoms with Crippen LogP contribution in [0, 0.1) is 6.92 Å². The summed E-state index contributed by atoms with van der Waals surface area (Å²) in [5.74, 6) is 0.922. The Morgan fingerprint density at radius 1 is 1.14 bits per heavy atom. The van der Waals surface area contributed by atoms with Crippen LogP contribution in [-0.4, -0.2) is 63.6 Å². The van der Waals surface area contributed by atoms with Gasteiger partial charge in [0.1, 0.15) is 5.75 Å². The molecule has 2 aromatic rings. The van der Waals surface area contributed by atoms with E-state index in [1.165, 1.54) is 11.1 Å². The Labute approximate surface area is 168 Å². The predicted octanol–water partition coefficient (Wildman–Crippen LogP) is 2.68. The molecule has 0 spiro atoms. The summed E-state index contributed by atoms with van der Waals surface area (Å²) in [5, 5.41) is 14.1. The number of ether oxygens (including phenoxy) is 1. The van der Waals surface area contributed by atoms with Gasteiger partial charge in [0, 0.05) is 63.7 Å². The van der Waals surface area contributed by atoms with Crippen LogP contribution >= 0.6 is 0 Å². The third-order valence-corrected chi connectivity index (χ3v) is 5.54. The molecule has 0 unspecified atom stereocenters. The van der Waals surface area contributed by atoms with Gasteiger partial charge in [-0.1, -0.05) is 12.1 Å². The maximum Gasteiger partial charge on any atom is 0.119 e. The highest BCUT2D eigenvalue weighted by Crippen LogP contribution is 2.20. The van der Waals surface area contributed by atoms with Gasteiger partial charge in [0.2, 0.25) is 0 Å². The topological polar surface area (TPSA) is 53.8 Å². The SMILES string of the molecule is CCOc1ccc(CN2CCN(Cc3cn(CC)nc3C)C[C@@H]2CCO)cc1. The first-order valence-corrected chi connectivity index (χ1v) is 10.4. The van der Waals surface area contributed by atoms with Gasteiger partial charge in [-0.05, 0) is 44.9 Å². The average molecular weight is 387 g/mol. The van der Waals surface area contributed by atoms with Crippen LogP contribution in [0.1, 0.15) is 37.1 Å². The molecule has 6 nitrogen and oxygen atoms in total. The molecule has 0 saturated carbocycles. The molecule has 0 radical (unpaired) electrons. The van der Waals surface area contributed by atoms with Gasteiger partial charge >= 0.3 is 0 Å². The minimum Gasteiger partial charge on any atom is -0.494 e. The number of hydrogen-bond donors (Lipinski definition) is 1. The average Bonchev–Trinajstić information content (AvgIpc) is 3.05. The zero-order valence-electron chi connectivity index (χ0n) is 17.5. The van der Waals surface area contributed by atoms with Crippen LogP contribution in [-0.2, 0) is 19.6 Å². The van der Waals surface area contributed by atoms with Crippen LogP contribution in [0.15, 0.2) is 30.5 Å². The van der Waals surface area contributed by atoms with Crippen LogP contribution in [0.3, 0.4) is 0 Å². The Hall–Kier alpha value is -1.89. The van der Waals surface area contributed by atoms with Crippen molar-refractivity contribution >= 4 is 0 Å². The summed E-state index contributed by atoms with van der Waals surface area (Å²) in [5.41, 5.74) is 3.72. The van der Waals surface area contributed by atoms with Gasteiger partial charge in [-0.25, -0.2) is 0 Å². The van der Waals surface area contributed by atoms with Crippen LogP contribution < -0.4 is 4.74 Å². The molecule has 1 saturated heterocycles. The molecule has 0 aliphatic carbocycles. The van der Waals surface area contributed by atoms with Crippen molar-refractivity contribution in [3.8, 4) is 5.75 Å². The Bertz CT molecular complexity index is 729. The second-order valence-electron chi connectivity index (χ2n) is 7.54. The van der Waals surface area contributed by atoms with Crippen molar-refractivity contribution in [3.05, 3.63) is 47.3 Å². The van der Waals surface area contributed by atoms with Crippen molar-refractivity contribution in [2.45, 2.75) is 52.9 Å². The van der Waals surface area contributed by atoms with Gasteiger partial charge < -0.3 is 9.84 Å². The Morgan fingerprint density at radius 3 is 2.57 bits per heavy atom. The summed E-state index contributed by atoms with van der Waals surface area (Å²) in [6, 6.07) is 8.76. The first-order chi connectivity index (χ1) is 13.6. The van der Waals surface area contributed by atoms with Crippen molar-refractivity contribution in [3.63, 3.8) is 0 Å². The second-order valence-corrected chi connectivity index (χ2v) is 7.54. The number of nitrogens with zero attached hydrogens (tertiary/aromatic N) is 4. The molecule has 0 bridgehead atoms. The Morgan fingerprint density at radius 2 is 1.93 bits per heavy atom. The lowest BCUT2D eigenvalue weighted by atomic mass is 10.1. The molecule has 1 fully saturated rings. The lowest BCUT2D eigenvalue weighted by Gasteiger charge is -2.41. The lowest BCUT2D eigenvalue weighted by Crippen LogP contribution is -2.52. The van der Waals surface area contributed by atoms with Crippen LogP contribution in [0.4, 0.5) is 0 Å². The van der Waals surface area contributed by atoms with E-state index >= 15 is 0 Å². The number of aliphatic hydroxyl groups excluding tert-OH is 1. The van der Waals surface area contributed by atoms with Crippen LogP contribution in [0.5, 0.6) is 5.75 Å². The second kappa shape index (κ2) is 10.0. The van der Waals surface area contributed by atoms with Crippen LogP contribution in [0.2, 0.25) is 0 Å². The number of aryl methyl sites for hydroxylation is 2. The smallest absolute Gasteiger partial charge is 0.119 e. The van der Waals surface area contributed by atoms with Crippen molar-refractivity contribution in [1.29, 1.82) is 0 Å². The number of piperazine rings is 1. The zero-order valence-corrected chi connectivity index (χ0v) is 17.5. The van der Waals surface area contributed by atoms with Gasteiger partial charge in [-0.3, -0.25) is 14.5 Å². The van der Waals surface area contributed by atoms with Gasteiger partial charge in [0.25, 0.3) is 0 Å². The van der Waals surface area contributed by atoms with Crippen molar-refractivity contribution in [2.75, 3.05) is 32.8 Å². The van der Waals surface area contributed by atoms with E-state index in [4.69, 9.17) is 4.74 Å². The van der Waals surface area contributed by atoms with Crippen molar-refractivity contribution in [2.24, 2.45) is 0 Å². The summed E-state index contributed by atoms with van der Waals surface area (Å²) >= 11 is 0. The molecule has 1 atom stereocenters. The van der Waals surface area contributed by atoms with Gasteiger partial charge in [0.05, 0.1) is 12.3 Å². The minimum atomic E-state index is 0.227. The highest BCUT2D eigenvalue weighted by molar-refractivity contribution is 5.27. The molecule has 2 heterocycles.